The van der Waals surface area contributed by atoms with Crippen molar-refractivity contribution in [2.45, 2.75) is 46.1 Å². The Morgan fingerprint density at radius 3 is 2.58 bits per heavy atom. The van der Waals surface area contributed by atoms with E-state index in [1.165, 1.54) is 4.88 Å². The Labute approximate surface area is 256 Å². The lowest BCUT2D eigenvalue weighted by Crippen LogP contribution is -2.21. The van der Waals surface area contributed by atoms with Crippen LogP contribution in [0.2, 0.25) is 10.0 Å². The summed E-state index contributed by atoms with van der Waals surface area (Å²) in [7, 11) is 1.57. The van der Waals surface area contributed by atoms with Gasteiger partial charge in [0.05, 0.1) is 18.9 Å². The zero-order chi connectivity index (χ0) is 28.4. The first-order valence-corrected chi connectivity index (χ1v) is 15.2. The van der Waals surface area contributed by atoms with Gasteiger partial charge in [-0.3, -0.25) is 4.79 Å². The number of hydrogen-bond acceptors (Lipinski definition) is 5. The third-order valence-corrected chi connectivity index (χ3v) is 9.46. The zero-order valence-electron chi connectivity index (χ0n) is 22.3. The smallest absolute Gasteiger partial charge is 0.274 e. The molecule has 0 radical (unpaired) electrons. The molecule has 0 atom stereocenters. The van der Waals surface area contributed by atoms with Gasteiger partial charge in [0.2, 0.25) is 0 Å². The quantitative estimate of drug-likeness (QED) is 0.152. The molecule has 0 aliphatic heterocycles. The highest BCUT2D eigenvalue weighted by Gasteiger charge is 2.27. The van der Waals surface area contributed by atoms with Crippen molar-refractivity contribution < 1.29 is 14.3 Å². The zero-order valence-corrected chi connectivity index (χ0v) is 26.2. The number of ether oxygens (including phenoxy) is 2. The molecule has 10 heteroatoms. The number of hydrogen-bond donors (Lipinski definition) is 1. The van der Waals surface area contributed by atoms with Gasteiger partial charge in [0.1, 0.15) is 11.6 Å². The summed E-state index contributed by atoms with van der Waals surface area (Å²) in [6.07, 6.45) is 5.74. The van der Waals surface area contributed by atoms with Gasteiger partial charge in [0, 0.05) is 41.9 Å². The van der Waals surface area contributed by atoms with Gasteiger partial charge < -0.3 is 14.0 Å². The highest BCUT2D eigenvalue weighted by Crippen LogP contribution is 2.38. The van der Waals surface area contributed by atoms with Crippen LogP contribution in [0.25, 0.3) is 5.00 Å². The van der Waals surface area contributed by atoms with Crippen molar-refractivity contribution in [3.8, 4) is 16.5 Å². The van der Waals surface area contributed by atoms with Crippen LogP contribution in [0.5, 0.6) is 11.5 Å². The fourth-order valence-electron chi connectivity index (χ4n) is 4.86. The van der Waals surface area contributed by atoms with E-state index >= 15 is 0 Å². The van der Waals surface area contributed by atoms with Crippen LogP contribution >= 0.6 is 50.5 Å². The molecule has 0 unspecified atom stereocenters. The van der Waals surface area contributed by atoms with Gasteiger partial charge in [-0.2, -0.15) is 5.10 Å². The molecule has 0 saturated carbocycles. The summed E-state index contributed by atoms with van der Waals surface area (Å²) in [6, 6.07) is 13.0. The van der Waals surface area contributed by atoms with Crippen molar-refractivity contribution in [3.05, 3.63) is 95.5 Å². The van der Waals surface area contributed by atoms with Crippen molar-refractivity contribution >= 4 is 62.6 Å². The molecule has 208 valence electrons. The van der Waals surface area contributed by atoms with E-state index in [1.807, 2.05) is 6.07 Å². The molecule has 5 rings (SSSR count). The molecule has 2 heterocycles. The second-order valence-electron chi connectivity index (χ2n) is 9.59. The molecule has 0 spiro atoms. The molecular formula is C30H28BrCl2N3O3S. The molecule has 2 aromatic carbocycles. The number of benzene rings is 2. The predicted molar refractivity (Wildman–Crippen MR) is 166 cm³/mol. The summed E-state index contributed by atoms with van der Waals surface area (Å²) < 4.78 is 14.4. The normalized spacial score (nSPS) is 12.9. The Bertz CT molecular complexity index is 1590. The van der Waals surface area contributed by atoms with Crippen molar-refractivity contribution in [3.63, 3.8) is 0 Å². The fourth-order valence-corrected chi connectivity index (χ4v) is 7.26. The summed E-state index contributed by atoms with van der Waals surface area (Å²) in [6.45, 7) is 4.37. The molecule has 40 heavy (non-hydrogen) atoms. The minimum atomic E-state index is -0.207. The standard InChI is InChI=1S/C30H28BrCl2N3O3S/c1-17-8-9-18(2)36(17)30-28(22-6-4-5-7-27(22)40-30)29(37)35-34-15-20-12-25(38-3)26(14-23(20)31)39-16-19-10-11-21(32)13-24(19)33/h8-15H,4-7,16H2,1-3H3,(H,35,37)/b34-15+. The maximum Gasteiger partial charge on any atom is 0.274 e. The number of carbonyl (C=O) groups is 1. The average molecular weight is 661 g/mol. The minimum absolute atomic E-state index is 0.207. The molecule has 1 N–H and O–H groups in total. The van der Waals surface area contributed by atoms with Gasteiger partial charge in [-0.15, -0.1) is 11.3 Å². The van der Waals surface area contributed by atoms with E-state index in [2.05, 4.69) is 57.0 Å². The number of carbonyl (C=O) groups excluding carboxylic acids is 1. The number of aryl methyl sites for hydroxylation is 3. The second-order valence-corrected chi connectivity index (χ2v) is 12.4. The first-order valence-electron chi connectivity index (χ1n) is 12.8. The molecule has 0 saturated heterocycles. The molecule has 4 aromatic rings. The predicted octanol–water partition coefficient (Wildman–Crippen LogP) is 8.46. The van der Waals surface area contributed by atoms with E-state index < -0.39 is 0 Å². The molecule has 2 aromatic heterocycles. The molecule has 0 bridgehead atoms. The Morgan fingerprint density at radius 2 is 1.85 bits per heavy atom. The number of fused-ring (bicyclic) bond motifs is 1. The Hall–Kier alpha value is -2.78. The van der Waals surface area contributed by atoms with Crippen LogP contribution in [0.4, 0.5) is 0 Å². The number of aromatic nitrogens is 1. The van der Waals surface area contributed by atoms with Crippen LogP contribution in [-0.2, 0) is 19.4 Å². The molecule has 0 fully saturated rings. The lowest BCUT2D eigenvalue weighted by Gasteiger charge is -2.14. The minimum Gasteiger partial charge on any atom is -0.493 e. The number of thiophene rings is 1. The molecule has 1 amide bonds. The highest BCUT2D eigenvalue weighted by molar-refractivity contribution is 9.10. The van der Waals surface area contributed by atoms with Crippen LogP contribution in [0.15, 0.2) is 52.0 Å². The topological polar surface area (TPSA) is 64.8 Å². The SMILES string of the molecule is COc1cc(/C=N/NC(=O)c2c(-n3c(C)ccc3C)sc3c2CCCC3)c(Br)cc1OCc1ccc(Cl)cc1Cl. The van der Waals surface area contributed by atoms with E-state index in [0.717, 1.165) is 68.8 Å². The summed E-state index contributed by atoms with van der Waals surface area (Å²) in [5, 5.41) is 6.36. The van der Waals surface area contributed by atoms with Gasteiger partial charge >= 0.3 is 0 Å². The van der Waals surface area contributed by atoms with Crippen LogP contribution in [0.3, 0.4) is 0 Å². The fraction of sp³-hybridized carbons (Fsp3) is 0.267. The molecule has 1 aliphatic carbocycles. The van der Waals surface area contributed by atoms with E-state index in [0.29, 0.717) is 21.5 Å². The van der Waals surface area contributed by atoms with E-state index in [1.54, 1.807) is 48.9 Å². The van der Waals surface area contributed by atoms with Crippen molar-refractivity contribution in [1.82, 2.24) is 9.99 Å². The lowest BCUT2D eigenvalue weighted by atomic mass is 9.95. The summed E-state index contributed by atoms with van der Waals surface area (Å²) in [5.74, 6) is 0.850. The van der Waals surface area contributed by atoms with E-state index in [9.17, 15) is 4.79 Å². The van der Waals surface area contributed by atoms with Gasteiger partial charge in [-0.25, -0.2) is 5.43 Å². The van der Waals surface area contributed by atoms with Gasteiger partial charge in [0.15, 0.2) is 11.5 Å². The number of nitrogens with zero attached hydrogens (tertiary/aromatic N) is 2. The molecule has 1 aliphatic rings. The van der Waals surface area contributed by atoms with Crippen LogP contribution in [0.1, 0.15) is 56.2 Å². The summed E-state index contributed by atoms with van der Waals surface area (Å²) >= 11 is 17.6. The van der Waals surface area contributed by atoms with Crippen LogP contribution < -0.4 is 14.9 Å². The third-order valence-electron chi connectivity index (χ3n) is 6.90. The number of rotatable bonds is 8. The van der Waals surface area contributed by atoms with Crippen molar-refractivity contribution in [2.75, 3.05) is 7.11 Å². The second kappa shape index (κ2) is 12.4. The summed E-state index contributed by atoms with van der Waals surface area (Å²) in [5.41, 5.74) is 8.37. The van der Waals surface area contributed by atoms with Crippen LogP contribution in [0, 0.1) is 13.8 Å². The van der Waals surface area contributed by atoms with Gasteiger partial charge in [-0.05, 0) is 97.4 Å². The Kier molecular flexibility index (Phi) is 8.90. The number of nitrogens with one attached hydrogen (secondary N) is 1. The van der Waals surface area contributed by atoms with Gasteiger partial charge in [-0.1, -0.05) is 29.3 Å². The third kappa shape index (κ3) is 5.96. The Balaban J connectivity index is 1.36. The van der Waals surface area contributed by atoms with Crippen molar-refractivity contribution in [2.24, 2.45) is 5.10 Å². The maximum absolute atomic E-state index is 13.5. The van der Waals surface area contributed by atoms with Crippen LogP contribution in [-0.4, -0.2) is 23.8 Å². The van der Waals surface area contributed by atoms with E-state index in [-0.39, 0.29) is 12.5 Å². The number of amides is 1. The average Bonchev–Trinajstić information content (AvgIpc) is 3.47. The monoisotopic (exact) mass is 659 g/mol. The lowest BCUT2D eigenvalue weighted by molar-refractivity contribution is 0.0954. The molecule has 6 nitrogen and oxygen atoms in total. The first kappa shape index (κ1) is 28.7. The Morgan fingerprint density at radius 1 is 1.10 bits per heavy atom. The largest absolute Gasteiger partial charge is 0.493 e. The summed E-state index contributed by atoms with van der Waals surface area (Å²) in [4.78, 5) is 14.8. The molecular weight excluding hydrogens is 633 g/mol. The first-order chi connectivity index (χ1) is 19.3. The van der Waals surface area contributed by atoms with Crippen molar-refractivity contribution in [1.29, 1.82) is 0 Å². The number of halogens is 3. The number of hydrazone groups is 1. The maximum atomic E-state index is 13.5. The highest BCUT2D eigenvalue weighted by atomic mass is 79.9. The van der Waals surface area contributed by atoms with Gasteiger partial charge in [0.25, 0.3) is 5.91 Å². The van der Waals surface area contributed by atoms with E-state index in [4.69, 9.17) is 32.7 Å². The number of methoxy groups -OCH3 is 1.